The molecule has 0 unspecified atom stereocenters. The third-order valence-electron chi connectivity index (χ3n) is 4.67. The van der Waals surface area contributed by atoms with E-state index in [2.05, 4.69) is 15.2 Å². The average molecular weight is 394 g/mol. The second-order valence-corrected chi connectivity index (χ2v) is 7.31. The van der Waals surface area contributed by atoms with Gasteiger partial charge in [-0.25, -0.2) is 4.99 Å². The number of rotatable bonds is 3. The summed E-state index contributed by atoms with van der Waals surface area (Å²) in [5.41, 5.74) is 3.81. The average Bonchev–Trinajstić information content (AvgIpc) is 2.74. The summed E-state index contributed by atoms with van der Waals surface area (Å²) in [6.07, 6.45) is 3.76. The van der Waals surface area contributed by atoms with E-state index >= 15 is 0 Å². The van der Waals surface area contributed by atoms with Gasteiger partial charge in [0.2, 0.25) is 0 Å². The highest BCUT2D eigenvalue weighted by atomic mass is 32.2. The molecule has 0 radical (unpaired) electrons. The Morgan fingerprint density at radius 3 is 2.29 bits per heavy atom. The molecule has 0 aliphatic carbocycles. The van der Waals surface area contributed by atoms with Crippen LogP contribution in [0.3, 0.4) is 0 Å². The number of anilines is 1. The quantitative estimate of drug-likeness (QED) is 0.375. The van der Waals surface area contributed by atoms with Crippen molar-refractivity contribution >= 4 is 34.2 Å². The van der Waals surface area contributed by atoms with Crippen LogP contribution >= 0.6 is 11.8 Å². The van der Waals surface area contributed by atoms with Crippen LogP contribution in [0.2, 0.25) is 0 Å². The van der Waals surface area contributed by atoms with Gasteiger partial charge in [-0.3, -0.25) is 10.1 Å². The molecule has 0 bridgehead atoms. The first-order chi connectivity index (χ1) is 13.6. The second-order valence-electron chi connectivity index (χ2n) is 6.52. The predicted octanol–water partition coefficient (Wildman–Crippen LogP) is 3.38. The first kappa shape index (κ1) is 19.8. The van der Waals surface area contributed by atoms with Gasteiger partial charge >= 0.3 is 0 Å². The highest BCUT2D eigenvalue weighted by molar-refractivity contribution is 8.13. The van der Waals surface area contributed by atoms with Crippen LogP contribution in [0, 0.1) is 18.4 Å². The van der Waals surface area contributed by atoms with E-state index in [9.17, 15) is 4.79 Å². The number of nitriles is 1. The number of amidine groups is 1. The number of aliphatic imine (C=N–C) groups is 1. The topological polar surface area (TPSA) is 71.7 Å². The van der Waals surface area contributed by atoms with Gasteiger partial charge in [0.1, 0.15) is 0 Å². The summed E-state index contributed by atoms with van der Waals surface area (Å²) >= 11 is 1.39. The summed E-state index contributed by atoms with van der Waals surface area (Å²) in [6, 6.07) is 15.7. The Kier molecular flexibility index (Phi) is 6.56. The van der Waals surface area contributed by atoms with Gasteiger partial charge in [0.05, 0.1) is 5.69 Å². The van der Waals surface area contributed by atoms with Gasteiger partial charge < -0.3 is 9.80 Å². The highest BCUT2D eigenvalue weighted by Crippen LogP contribution is 2.22. The first-order valence-corrected chi connectivity index (χ1v) is 10.3. The number of amides is 1. The Hall–Kier alpha value is -2.98. The van der Waals surface area contributed by atoms with E-state index in [1.54, 1.807) is 0 Å². The fraction of sp³-hybridized carbons (Fsp3) is 0.286. The Labute approximate surface area is 169 Å². The molecule has 1 saturated heterocycles. The van der Waals surface area contributed by atoms with E-state index in [1.807, 2.05) is 72.8 Å². The Bertz CT molecular complexity index is 879. The zero-order valence-electron chi connectivity index (χ0n) is 16.1. The van der Waals surface area contributed by atoms with Crippen LogP contribution in [-0.2, 0) is 0 Å². The standard InChI is InChI=1S/C21H23N5OS/c1-16-3-5-17(6-4-16)20(27)26-13-11-25(12-14-26)19-9-7-18(8-10-19)24-21(28-2)23-15-22/h3-10H,11-14H2,1-2H3,(H,23,24). The lowest BCUT2D eigenvalue weighted by molar-refractivity contribution is 0.0747. The van der Waals surface area contributed by atoms with Crippen molar-refractivity contribution in [3.8, 4) is 6.19 Å². The van der Waals surface area contributed by atoms with Gasteiger partial charge in [-0.15, -0.1) is 0 Å². The summed E-state index contributed by atoms with van der Waals surface area (Å²) in [5.74, 6) is 0.0962. The zero-order valence-corrected chi connectivity index (χ0v) is 16.9. The summed E-state index contributed by atoms with van der Waals surface area (Å²) in [7, 11) is 0. The zero-order chi connectivity index (χ0) is 19.9. The summed E-state index contributed by atoms with van der Waals surface area (Å²) in [4.78, 5) is 21.2. The van der Waals surface area contributed by atoms with E-state index in [0.29, 0.717) is 18.3 Å². The van der Waals surface area contributed by atoms with Crippen molar-refractivity contribution in [1.82, 2.24) is 10.2 Å². The molecule has 0 saturated carbocycles. The summed E-state index contributed by atoms with van der Waals surface area (Å²) in [5, 5.41) is 11.8. The molecule has 1 aliphatic heterocycles. The molecule has 144 valence electrons. The largest absolute Gasteiger partial charge is 0.368 e. The van der Waals surface area contributed by atoms with Crippen LogP contribution in [0.15, 0.2) is 53.5 Å². The molecule has 3 rings (SSSR count). The van der Waals surface area contributed by atoms with Crippen molar-refractivity contribution in [1.29, 1.82) is 5.26 Å². The maximum atomic E-state index is 12.6. The number of hydrogen-bond donors (Lipinski definition) is 1. The van der Waals surface area contributed by atoms with Crippen molar-refractivity contribution in [2.24, 2.45) is 4.99 Å². The Balaban J connectivity index is 1.59. The lowest BCUT2D eigenvalue weighted by Crippen LogP contribution is -2.48. The molecule has 28 heavy (non-hydrogen) atoms. The Morgan fingerprint density at radius 2 is 1.71 bits per heavy atom. The van der Waals surface area contributed by atoms with Crippen LogP contribution in [0.4, 0.5) is 11.4 Å². The maximum Gasteiger partial charge on any atom is 0.253 e. The van der Waals surface area contributed by atoms with Gasteiger partial charge in [0.15, 0.2) is 11.4 Å². The van der Waals surface area contributed by atoms with Crippen molar-refractivity contribution in [2.45, 2.75) is 6.92 Å². The smallest absolute Gasteiger partial charge is 0.253 e. The molecule has 1 amide bonds. The molecule has 6 nitrogen and oxygen atoms in total. The number of benzene rings is 2. The fourth-order valence-corrected chi connectivity index (χ4v) is 3.42. The number of aryl methyl sites for hydroxylation is 1. The van der Waals surface area contributed by atoms with Crippen molar-refractivity contribution in [3.05, 3.63) is 59.7 Å². The SMILES string of the molecule is CSC(=Nc1ccc(N2CCN(C(=O)c3ccc(C)cc3)CC2)cc1)NC#N. The van der Waals surface area contributed by atoms with Crippen LogP contribution in [0.5, 0.6) is 0 Å². The number of hydrogen-bond acceptors (Lipinski definition) is 5. The maximum absolute atomic E-state index is 12.6. The molecule has 7 heteroatoms. The van der Waals surface area contributed by atoms with E-state index < -0.39 is 0 Å². The van der Waals surface area contributed by atoms with E-state index in [1.165, 1.54) is 11.8 Å². The fourth-order valence-electron chi connectivity index (χ4n) is 3.07. The third kappa shape index (κ3) is 4.84. The summed E-state index contributed by atoms with van der Waals surface area (Å²) in [6.45, 7) is 5.02. The second kappa shape index (κ2) is 9.29. The molecule has 1 N–H and O–H groups in total. The molecular weight excluding hydrogens is 370 g/mol. The molecule has 1 fully saturated rings. The molecule has 2 aromatic carbocycles. The van der Waals surface area contributed by atoms with Gasteiger partial charge in [-0.2, -0.15) is 5.26 Å². The molecular formula is C21H23N5OS. The number of nitrogens with zero attached hydrogens (tertiary/aromatic N) is 4. The third-order valence-corrected chi connectivity index (χ3v) is 5.25. The number of nitrogens with one attached hydrogen (secondary N) is 1. The van der Waals surface area contributed by atoms with E-state index in [-0.39, 0.29) is 5.91 Å². The van der Waals surface area contributed by atoms with Crippen molar-refractivity contribution < 1.29 is 4.79 Å². The predicted molar refractivity (Wildman–Crippen MR) is 115 cm³/mol. The molecule has 0 atom stereocenters. The van der Waals surface area contributed by atoms with Crippen LogP contribution in [0.1, 0.15) is 15.9 Å². The monoisotopic (exact) mass is 393 g/mol. The number of piperazine rings is 1. The molecule has 2 aromatic rings. The number of thioether (sulfide) groups is 1. The van der Waals surface area contributed by atoms with Gasteiger partial charge in [-0.1, -0.05) is 29.5 Å². The van der Waals surface area contributed by atoms with E-state index in [0.717, 1.165) is 35.6 Å². The molecule has 1 heterocycles. The van der Waals surface area contributed by atoms with Gasteiger partial charge in [0.25, 0.3) is 5.91 Å². The summed E-state index contributed by atoms with van der Waals surface area (Å²) < 4.78 is 0. The first-order valence-electron chi connectivity index (χ1n) is 9.09. The molecule has 0 aromatic heterocycles. The van der Waals surface area contributed by atoms with Gasteiger partial charge in [-0.05, 0) is 49.6 Å². The number of carbonyl (C=O) groups is 1. The molecule has 1 aliphatic rings. The minimum atomic E-state index is 0.0962. The minimum absolute atomic E-state index is 0.0962. The minimum Gasteiger partial charge on any atom is -0.368 e. The normalized spacial score (nSPS) is 14.5. The lowest BCUT2D eigenvalue weighted by atomic mass is 10.1. The van der Waals surface area contributed by atoms with Crippen molar-refractivity contribution in [3.63, 3.8) is 0 Å². The lowest BCUT2D eigenvalue weighted by Gasteiger charge is -2.36. The van der Waals surface area contributed by atoms with Crippen LogP contribution in [0.25, 0.3) is 0 Å². The van der Waals surface area contributed by atoms with Gasteiger partial charge in [0, 0.05) is 37.4 Å². The van der Waals surface area contributed by atoms with Crippen LogP contribution < -0.4 is 10.2 Å². The van der Waals surface area contributed by atoms with Crippen molar-refractivity contribution in [2.75, 3.05) is 37.3 Å². The highest BCUT2D eigenvalue weighted by Gasteiger charge is 2.22. The van der Waals surface area contributed by atoms with Crippen LogP contribution in [-0.4, -0.2) is 48.4 Å². The Morgan fingerprint density at radius 1 is 1.07 bits per heavy atom. The number of carbonyl (C=O) groups excluding carboxylic acids is 1. The van der Waals surface area contributed by atoms with E-state index in [4.69, 9.17) is 5.26 Å². The molecule has 0 spiro atoms.